The van der Waals surface area contributed by atoms with E-state index < -0.39 is 10.0 Å². The maximum absolute atomic E-state index is 13.2. The fourth-order valence-corrected chi connectivity index (χ4v) is 4.79. The molecule has 0 aliphatic carbocycles. The number of fused-ring (bicyclic) bond motifs is 1. The van der Waals surface area contributed by atoms with Crippen LogP contribution in [0.1, 0.15) is 40.5 Å². The lowest BCUT2D eigenvalue weighted by atomic mass is 9.87. The number of ether oxygens (including phenoxy) is 2. The van der Waals surface area contributed by atoms with E-state index in [0.717, 1.165) is 12.8 Å². The number of hydrogen-bond acceptors (Lipinski definition) is 5. The van der Waals surface area contributed by atoms with Crippen LogP contribution in [0.25, 0.3) is 0 Å². The third-order valence-electron chi connectivity index (χ3n) is 4.21. The Kier molecular flexibility index (Phi) is 6.35. The molecule has 0 bridgehead atoms. The molecule has 25 heavy (non-hydrogen) atoms. The van der Waals surface area contributed by atoms with Crippen LogP contribution in [0.15, 0.2) is 23.1 Å². The minimum absolute atomic E-state index is 0.126. The summed E-state index contributed by atoms with van der Waals surface area (Å²) in [4.78, 5) is 0.243. The van der Waals surface area contributed by atoms with Gasteiger partial charge in [0, 0.05) is 19.2 Å². The minimum atomic E-state index is -3.61. The van der Waals surface area contributed by atoms with Crippen molar-refractivity contribution in [1.82, 2.24) is 4.31 Å². The van der Waals surface area contributed by atoms with E-state index in [-0.39, 0.29) is 23.0 Å². The third kappa shape index (κ3) is 5.09. The molecule has 0 atom stereocenters. The highest BCUT2D eigenvalue weighted by Crippen LogP contribution is 2.35. The molecule has 0 fully saturated rings. The Labute approximate surface area is 151 Å². The maximum Gasteiger partial charge on any atom is 0.243 e. The summed E-state index contributed by atoms with van der Waals surface area (Å²) in [6.45, 7) is 9.90. The lowest BCUT2D eigenvalue weighted by Gasteiger charge is -2.33. The van der Waals surface area contributed by atoms with Crippen LogP contribution in [0.2, 0.25) is 0 Å². The number of nitrogens with two attached hydrogens (primary N) is 1. The van der Waals surface area contributed by atoms with Crippen LogP contribution < -0.4 is 15.2 Å². The Hall–Kier alpha value is -1.31. The number of nitrogens with zero attached hydrogens (tertiary/aromatic N) is 1. The van der Waals surface area contributed by atoms with Crippen LogP contribution >= 0.6 is 0 Å². The zero-order valence-corrected chi connectivity index (χ0v) is 16.4. The fourth-order valence-electron chi connectivity index (χ4n) is 2.98. The van der Waals surface area contributed by atoms with Crippen LogP contribution in [0.3, 0.4) is 0 Å². The van der Waals surface area contributed by atoms with Crippen molar-refractivity contribution in [3.8, 4) is 11.5 Å². The van der Waals surface area contributed by atoms with Gasteiger partial charge >= 0.3 is 0 Å². The molecule has 0 amide bonds. The van der Waals surface area contributed by atoms with Gasteiger partial charge in [0.05, 0.1) is 4.90 Å². The van der Waals surface area contributed by atoms with E-state index >= 15 is 0 Å². The second kappa shape index (κ2) is 7.93. The van der Waals surface area contributed by atoms with Crippen molar-refractivity contribution in [1.29, 1.82) is 0 Å². The summed E-state index contributed by atoms with van der Waals surface area (Å²) in [5.41, 5.74) is 5.48. The molecule has 7 heteroatoms. The summed E-state index contributed by atoms with van der Waals surface area (Å²) in [5.74, 6) is 1.29. The average molecular weight is 371 g/mol. The van der Waals surface area contributed by atoms with E-state index in [1.54, 1.807) is 22.5 Å². The van der Waals surface area contributed by atoms with Crippen LogP contribution in [0, 0.1) is 11.3 Å². The van der Waals surface area contributed by atoms with Crippen molar-refractivity contribution in [2.24, 2.45) is 17.1 Å². The van der Waals surface area contributed by atoms with Gasteiger partial charge in [-0.1, -0.05) is 27.7 Å². The summed E-state index contributed by atoms with van der Waals surface area (Å²) in [6, 6.07) is 4.79. The lowest BCUT2D eigenvalue weighted by molar-refractivity contribution is 0.174. The number of benzene rings is 1. The Balaban J connectivity index is 2.28. The van der Waals surface area contributed by atoms with E-state index in [1.165, 1.54) is 0 Å². The first kappa shape index (κ1) is 20.0. The molecule has 1 aliphatic rings. The zero-order chi connectivity index (χ0) is 18.7. The van der Waals surface area contributed by atoms with Gasteiger partial charge in [-0.05, 0) is 42.9 Å². The van der Waals surface area contributed by atoms with E-state index in [1.807, 2.05) is 13.8 Å². The molecule has 0 aromatic heterocycles. The Morgan fingerprint density at radius 3 is 2.56 bits per heavy atom. The molecule has 0 radical (unpaired) electrons. The second-order valence-corrected chi connectivity index (χ2v) is 9.70. The van der Waals surface area contributed by atoms with Crippen molar-refractivity contribution in [2.75, 3.05) is 26.4 Å². The predicted molar refractivity (Wildman–Crippen MR) is 98.2 cm³/mol. The van der Waals surface area contributed by atoms with Crippen LogP contribution in [0.5, 0.6) is 11.5 Å². The van der Waals surface area contributed by atoms with Gasteiger partial charge in [0.25, 0.3) is 0 Å². The van der Waals surface area contributed by atoms with E-state index in [4.69, 9.17) is 15.2 Å². The smallest absolute Gasteiger partial charge is 0.243 e. The SMILES string of the molecule is CC(C)CN(CC(C)(C)CCCN)S(=O)(=O)c1ccc2c(c1)OCO2. The van der Waals surface area contributed by atoms with Crippen molar-refractivity contribution in [2.45, 2.75) is 45.4 Å². The summed E-state index contributed by atoms with van der Waals surface area (Å²) in [6.07, 6.45) is 1.77. The van der Waals surface area contributed by atoms with Gasteiger partial charge < -0.3 is 15.2 Å². The fraction of sp³-hybridized carbons (Fsp3) is 0.667. The molecule has 1 heterocycles. The molecule has 6 nitrogen and oxygen atoms in total. The van der Waals surface area contributed by atoms with Gasteiger partial charge in [-0.25, -0.2) is 8.42 Å². The number of sulfonamides is 1. The standard InChI is InChI=1S/C18H30N2O4S/c1-14(2)11-20(12-18(3,4)8-5-9-19)25(21,22)15-6-7-16-17(10-15)24-13-23-16/h6-7,10,14H,5,8-9,11-13,19H2,1-4H3. The summed E-state index contributed by atoms with van der Waals surface area (Å²) >= 11 is 0. The first-order valence-electron chi connectivity index (χ1n) is 8.75. The first-order valence-corrected chi connectivity index (χ1v) is 10.2. The monoisotopic (exact) mass is 370 g/mol. The van der Waals surface area contributed by atoms with Crippen molar-refractivity contribution >= 4 is 10.0 Å². The van der Waals surface area contributed by atoms with Crippen LogP contribution in [-0.2, 0) is 10.0 Å². The van der Waals surface area contributed by atoms with E-state index in [0.29, 0.717) is 31.1 Å². The molecule has 0 spiro atoms. The molecule has 142 valence electrons. The normalized spacial score (nSPS) is 14.5. The van der Waals surface area contributed by atoms with Gasteiger partial charge in [0.2, 0.25) is 16.8 Å². The lowest BCUT2D eigenvalue weighted by Crippen LogP contribution is -2.41. The highest BCUT2D eigenvalue weighted by atomic mass is 32.2. The maximum atomic E-state index is 13.2. The average Bonchev–Trinajstić information content (AvgIpc) is 2.99. The van der Waals surface area contributed by atoms with Gasteiger partial charge in [0.1, 0.15) is 0 Å². The van der Waals surface area contributed by atoms with Gasteiger partial charge in [-0.15, -0.1) is 0 Å². The summed E-state index contributed by atoms with van der Waals surface area (Å²) in [7, 11) is -3.61. The summed E-state index contributed by atoms with van der Waals surface area (Å²) in [5, 5.41) is 0. The third-order valence-corrected chi connectivity index (χ3v) is 6.02. The Morgan fingerprint density at radius 2 is 1.92 bits per heavy atom. The quantitative estimate of drug-likeness (QED) is 0.723. The predicted octanol–water partition coefficient (Wildman–Crippen LogP) is 2.83. The number of hydrogen-bond donors (Lipinski definition) is 1. The van der Waals surface area contributed by atoms with Crippen molar-refractivity contribution < 1.29 is 17.9 Å². The van der Waals surface area contributed by atoms with E-state index in [9.17, 15) is 8.42 Å². The molecule has 1 aromatic carbocycles. The molecule has 0 unspecified atom stereocenters. The molecule has 2 N–H and O–H groups in total. The van der Waals surface area contributed by atoms with Crippen LogP contribution in [-0.4, -0.2) is 39.2 Å². The minimum Gasteiger partial charge on any atom is -0.454 e. The highest BCUT2D eigenvalue weighted by Gasteiger charge is 2.32. The van der Waals surface area contributed by atoms with Crippen LogP contribution in [0.4, 0.5) is 0 Å². The van der Waals surface area contributed by atoms with Crippen molar-refractivity contribution in [3.05, 3.63) is 18.2 Å². The Morgan fingerprint density at radius 1 is 1.24 bits per heavy atom. The molecule has 1 aliphatic heterocycles. The topological polar surface area (TPSA) is 81.9 Å². The first-order chi connectivity index (χ1) is 11.7. The van der Waals surface area contributed by atoms with Gasteiger partial charge in [-0.2, -0.15) is 4.31 Å². The molecule has 0 saturated heterocycles. The molecule has 2 rings (SSSR count). The molecular formula is C18H30N2O4S. The number of rotatable bonds is 9. The molecular weight excluding hydrogens is 340 g/mol. The van der Waals surface area contributed by atoms with Gasteiger partial charge in [0.15, 0.2) is 11.5 Å². The second-order valence-electron chi connectivity index (χ2n) is 7.76. The zero-order valence-electron chi connectivity index (χ0n) is 15.6. The largest absolute Gasteiger partial charge is 0.454 e. The molecule has 1 aromatic rings. The Bertz CT molecular complexity index is 686. The summed E-state index contributed by atoms with van der Waals surface area (Å²) < 4.78 is 38.6. The van der Waals surface area contributed by atoms with Crippen molar-refractivity contribution in [3.63, 3.8) is 0 Å². The van der Waals surface area contributed by atoms with Gasteiger partial charge in [-0.3, -0.25) is 0 Å². The van der Waals surface area contributed by atoms with E-state index in [2.05, 4.69) is 13.8 Å². The highest BCUT2D eigenvalue weighted by molar-refractivity contribution is 7.89. The molecule has 0 saturated carbocycles.